The smallest absolute Gasteiger partial charge is 0.293 e. The molecule has 1 heterocycles. The minimum Gasteiger partial charge on any atom is -0.373 e. The van der Waals surface area contributed by atoms with E-state index in [0.717, 1.165) is 32.4 Å². The van der Waals surface area contributed by atoms with Crippen molar-refractivity contribution in [3.8, 4) is 12.1 Å². The van der Waals surface area contributed by atoms with Gasteiger partial charge in [0, 0.05) is 19.2 Å². The molecule has 1 atom stereocenters. The third-order valence-corrected chi connectivity index (χ3v) is 3.76. The van der Waals surface area contributed by atoms with E-state index in [1.54, 1.807) is 24.3 Å². The Kier molecular flexibility index (Phi) is 5.29. The van der Waals surface area contributed by atoms with Gasteiger partial charge < -0.3 is 10.0 Å². The van der Waals surface area contributed by atoms with Gasteiger partial charge in [0.1, 0.15) is 5.69 Å². The first-order valence-corrected chi connectivity index (χ1v) is 7.29. The lowest BCUT2D eigenvalue weighted by atomic mass is 10.0. The molecule has 1 unspecified atom stereocenters. The quantitative estimate of drug-likeness (QED) is 0.395. The van der Waals surface area contributed by atoms with Crippen molar-refractivity contribution in [3.63, 3.8) is 0 Å². The molecule has 0 aliphatic carbocycles. The van der Waals surface area contributed by atoms with E-state index in [0.29, 0.717) is 11.3 Å². The Labute approximate surface area is 133 Å². The largest absolute Gasteiger partial charge is 0.373 e. The van der Waals surface area contributed by atoms with Gasteiger partial charge >= 0.3 is 0 Å². The van der Waals surface area contributed by atoms with Crippen LogP contribution in [-0.2, 0) is 0 Å². The Bertz CT molecular complexity index is 709. The molecule has 1 aliphatic rings. The summed E-state index contributed by atoms with van der Waals surface area (Å²) in [6.45, 7) is 1.57. The fourth-order valence-electron chi connectivity index (χ4n) is 2.60. The maximum atomic E-state index is 11.4. The van der Waals surface area contributed by atoms with Crippen LogP contribution in [0.2, 0.25) is 0 Å². The average Bonchev–Trinajstić information content (AvgIpc) is 2.59. The molecule has 23 heavy (non-hydrogen) atoms. The summed E-state index contributed by atoms with van der Waals surface area (Å²) >= 11 is 0. The Morgan fingerprint density at radius 1 is 1.35 bits per heavy atom. The second kappa shape index (κ2) is 7.39. The number of nitriles is 2. The van der Waals surface area contributed by atoms with E-state index in [2.05, 4.69) is 0 Å². The molecular weight excluding hydrogens is 296 g/mol. The van der Waals surface area contributed by atoms with E-state index >= 15 is 0 Å². The molecule has 1 aromatic carbocycles. The summed E-state index contributed by atoms with van der Waals surface area (Å²) in [6, 6.07) is 7.97. The van der Waals surface area contributed by atoms with Gasteiger partial charge in [0.15, 0.2) is 6.10 Å². The van der Waals surface area contributed by atoms with Crippen LogP contribution in [0.15, 0.2) is 23.8 Å². The summed E-state index contributed by atoms with van der Waals surface area (Å²) in [5.74, 6) is 0. The number of piperidine rings is 1. The molecule has 118 valence electrons. The van der Waals surface area contributed by atoms with Crippen molar-refractivity contribution in [2.24, 2.45) is 0 Å². The normalized spacial score (nSPS) is 16.3. The third-order valence-electron chi connectivity index (χ3n) is 3.76. The van der Waals surface area contributed by atoms with Gasteiger partial charge in [-0.1, -0.05) is 6.07 Å². The van der Waals surface area contributed by atoms with Gasteiger partial charge in [0.2, 0.25) is 0 Å². The zero-order chi connectivity index (χ0) is 16.8. The van der Waals surface area contributed by atoms with Crippen molar-refractivity contribution in [2.75, 3.05) is 18.0 Å². The lowest BCUT2D eigenvalue weighted by Gasteiger charge is -2.28. The number of benzene rings is 1. The van der Waals surface area contributed by atoms with E-state index in [4.69, 9.17) is 10.5 Å². The van der Waals surface area contributed by atoms with Gasteiger partial charge in [0.25, 0.3) is 5.69 Å². The molecule has 0 spiro atoms. The molecule has 0 radical (unpaired) electrons. The zero-order valence-corrected chi connectivity index (χ0v) is 12.5. The fraction of sp³-hybridized carbons (Fsp3) is 0.375. The fourth-order valence-corrected chi connectivity index (χ4v) is 2.60. The van der Waals surface area contributed by atoms with Crippen molar-refractivity contribution in [1.29, 1.82) is 10.5 Å². The predicted octanol–water partition coefficient (Wildman–Crippen LogP) is 2.38. The van der Waals surface area contributed by atoms with Gasteiger partial charge in [-0.05, 0) is 37.0 Å². The zero-order valence-electron chi connectivity index (χ0n) is 12.5. The molecule has 1 aliphatic heterocycles. The number of nitro groups is 1. The molecule has 0 amide bonds. The van der Waals surface area contributed by atoms with Gasteiger partial charge in [-0.15, -0.1) is 0 Å². The van der Waals surface area contributed by atoms with Crippen molar-refractivity contribution >= 4 is 17.5 Å². The number of hydrogen-bond donors (Lipinski definition) is 1. The van der Waals surface area contributed by atoms with Crippen LogP contribution in [-0.4, -0.2) is 29.2 Å². The molecule has 7 nitrogen and oxygen atoms in total. The second-order valence-electron chi connectivity index (χ2n) is 5.30. The van der Waals surface area contributed by atoms with Crippen LogP contribution in [0.4, 0.5) is 11.4 Å². The van der Waals surface area contributed by atoms with Crippen molar-refractivity contribution in [3.05, 3.63) is 39.4 Å². The van der Waals surface area contributed by atoms with E-state index in [9.17, 15) is 15.2 Å². The topological polar surface area (TPSA) is 114 Å². The van der Waals surface area contributed by atoms with Gasteiger partial charge in [-0.25, -0.2) is 0 Å². The number of nitro benzene ring substituents is 1. The molecule has 1 saturated heterocycles. The minimum atomic E-state index is -1.54. The highest BCUT2D eigenvalue weighted by molar-refractivity contribution is 5.70. The van der Waals surface area contributed by atoms with Crippen LogP contribution in [0.5, 0.6) is 0 Å². The molecular formula is C16H16N4O3. The molecule has 2 rings (SSSR count). The Morgan fingerprint density at radius 2 is 2.04 bits per heavy atom. The van der Waals surface area contributed by atoms with Gasteiger partial charge in [-0.3, -0.25) is 10.1 Å². The van der Waals surface area contributed by atoms with Crippen LogP contribution < -0.4 is 4.90 Å². The first-order valence-electron chi connectivity index (χ1n) is 7.29. The van der Waals surface area contributed by atoms with Gasteiger partial charge in [-0.2, -0.15) is 10.5 Å². The molecule has 1 N–H and O–H groups in total. The highest BCUT2D eigenvalue weighted by atomic mass is 16.6. The molecule has 1 aromatic rings. The van der Waals surface area contributed by atoms with Gasteiger partial charge in [0.05, 0.1) is 22.6 Å². The Hall–Kier alpha value is -2.90. The Balaban J connectivity index is 2.40. The number of hydrogen-bond acceptors (Lipinski definition) is 6. The summed E-state index contributed by atoms with van der Waals surface area (Å²) in [5.41, 5.74) is 0.784. The van der Waals surface area contributed by atoms with Crippen LogP contribution in [0.3, 0.4) is 0 Å². The third kappa shape index (κ3) is 3.85. The predicted molar refractivity (Wildman–Crippen MR) is 84.4 cm³/mol. The summed E-state index contributed by atoms with van der Waals surface area (Å²) in [5, 5.41) is 38.4. The summed E-state index contributed by atoms with van der Waals surface area (Å²) in [6.07, 6.45) is 2.89. The van der Waals surface area contributed by atoms with E-state index in [1.165, 1.54) is 12.1 Å². The maximum absolute atomic E-state index is 11.4. The van der Waals surface area contributed by atoms with Crippen molar-refractivity contribution in [2.45, 2.75) is 25.4 Å². The van der Waals surface area contributed by atoms with Crippen LogP contribution >= 0.6 is 0 Å². The highest BCUT2D eigenvalue weighted by Gasteiger charge is 2.21. The maximum Gasteiger partial charge on any atom is 0.293 e. The molecule has 0 bridgehead atoms. The van der Waals surface area contributed by atoms with Crippen molar-refractivity contribution in [1.82, 2.24) is 0 Å². The lowest BCUT2D eigenvalue weighted by molar-refractivity contribution is -0.384. The molecule has 0 saturated carbocycles. The van der Waals surface area contributed by atoms with E-state index < -0.39 is 11.0 Å². The lowest BCUT2D eigenvalue weighted by Crippen LogP contribution is -2.29. The second-order valence-corrected chi connectivity index (χ2v) is 5.30. The standard InChI is InChI=1S/C16H16N4O3/c17-10-13(16(21)11-18)8-12-4-5-14(15(9-12)20(22)23)19-6-2-1-3-7-19/h4-5,8-9,16,21H,1-3,6-7H2. The summed E-state index contributed by atoms with van der Waals surface area (Å²) < 4.78 is 0. The van der Waals surface area contributed by atoms with Crippen LogP contribution in [0, 0.1) is 32.8 Å². The SMILES string of the molecule is N#CC(=Cc1ccc(N2CCCCC2)c([N+](=O)[O-])c1)C(O)C#N. The summed E-state index contributed by atoms with van der Waals surface area (Å²) in [4.78, 5) is 12.9. The van der Waals surface area contributed by atoms with E-state index in [-0.39, 0.29) is 11.3 Å². The number of rotatable bonds is 4. The summed E-state index contributed by atoms with van der Waals surface area (Å²) in [7, 11) is 0. The monoisotopic (exact) mass is 312 g/mol. The first-order chi connectivity index (χ1) is 11.1. The number of aliphatic hydroxyl groups excluding tert-OH is 1. The number of nitrogens with zero attached hydrogens (tertiary/aromatic N) is 4. The number of anilines is 1. The van der Waals surface area contributed by atoms with E-state index in [1.807, 2.05) is 4.90 Å². The number of aliphatic hydroxyl groups is 1. The van der Waals surface area contributed by atoms with Crippen LogP contribution in [0.25, 0.3) is 6.08 Å². The Morgan fingerprint density at radius 3 is 2.61 bits per heavy atom. The molecule has 0 aromatic heterocycles. The highest BCUT2D eigenvalue weighted by Crippen LogP contribution is 2.32. The van der Waals surface area contributed by atoms with Crippen LogP contribution in [0.1, 0.15) is 24.8 Å². The molecule has 7 heteroatoms. The minimum absolute atomic E-state index is 0.0376. The average molecular weight is 312 g/mol. The molecule has 1 fully saturated rings. The first kappa shape index (κ1) is 16.5. The van der Waals surface area contributed by atoms with Crippen molar-refractivity contribution < 1.29 is 10.0 Å².